The summed E-state index contributed by atoms with van der Waals surface area (Å²) in [5.41, 5.74) is 6.02. The highest BCUT2D eigenvalue weighted by atomic mass is 19.4. The fraction of sp³-hybridized carbons (Fsp3) is 0.500. The lowest BCUT2D eigenvalue weighted by Crippen LogP contribution is -2.48. The minimum absolute atomic E-state index is 0.0819. The summed E-state index contributed by atoms with van der Waals surface area (Å²) in [6.45, 7) is 1.40. The van der Waals surface area contributed by atoms with Gasteiger partial charge in [0.15, 0.2) is 0 Å². The van der Waals surface area contributed by atoms with Crippen LogP contribution in [0, 0.1) is 0 Å². The summed E-state index contributed by atoms with van der Waals surface area (Å²) >= 11 is 0. The third-order valence-corrected chi connectivity index (χ3v) is 2.55. The van der Waals surface area contributed by atoms with E-state index in [0.717, 1.165) is 0 Å². The third kappa shape index (κ3) is 3.89. The Balaban J connectivity index is 2.82. The molecule has 3 N–H and O–H groups in total. The van der Waals surface area contributed by atoms with Crippen molar-refractivity contribution in [2.75, 3.05) is 0 Å². The van der Waals surface area contributed by atoms with Gasteiger partial charge in [-0.15, -0.1) is 0 Å². The second-order valence-electron chi connectivity index (χ2n) is 3.95. The highest BCUT2D eigenvalue weighted by molar-refractivity contribution is 5.27. The first-order valence-corrected chi connectivity index (χ1v) is 5.57. The van der Waals surface area contributed by atoms with Gasteiger partial charge in [-0.3, -0.25) is 0 Å². The maximum absolute atomic E-state index is 12.7. The first-order valence-electron chi connectivity index (χ1n) is 5.57. The van der Waals surface area contributed by atoms with Crippen LogP contribution in [0.15, 0.2) is 24.3 Å². The molecule has 0 aromatic heterocycles. The van der Waals surface area contributed by atoms with E-state index in [1.54, 1.807) is 6.92 Å². The summed E-state index contributed by atoms with van der Waals surface area (Å²) < 4.78 is 43.1. The number of nitrogens with two attached hydrogens (primary N) is 1. The van der Waals surface area contributed by atoms with Crippen LogP contribution in [0.3, 0.4) is 0 Å². The zero-order valence-corrected chi connectivity index (χ0v) is 9.95. The van der Waals surface area contributed by atoms with Crippen molar-refractivity contribution in [3.63, 3.8) is 0 Å². The second-order valence-corrected chi connectivity index (χ2v) is 3.95. The van der Waals surface area contributed by atoms with Crippen LogP contribution >= 0.6 is 0 Å². The number of alkyl halides is 3. The smallest absolute Gasteiger partial charge is 0.426 e. The highest BCUT2D eigenvalue weighted by Crippen LogP contribution is 2.27. The topological polar surface area (TPSA) is 55.5 Å². The molecule has 102 valence electrons. The Bertz CT molecular complexity index is 365. The lowest BCUT2D eigenvalue weighted by molar-refractivity contribution is -0.200. The normalized spacial score (nSPS) is 15.2. The summed E-state index contributed by atoms with van der Waals surface area (Å²) in [7, 11) is 0. The summed E-state index contributed by atoms with van der Waals surface area (Å²) in [5.74, 6) is 0.0819. The lowest BCUT2D eigenvalue weighted by Gasteiger charge is -2.26. The number of aliphatic hydroxyl groups excluding tert-OH is 1. The molecule has 1 rings (SSSR count). The first kappa shape index (κ1) is 14.8. The van der Waals surface area contributed by atoms with Crippen molar-refractivity contribution in [1.82, 2.24) is 0 Å². The van der Waals surface area contributed by atoms with Crippen LogP contribution in [0.5, 0.6) is 5.75 Å². The SMILES string of the molecule is CCC(N)C(Oc1ccc(CO)cc1)C(F)(F)F. The number of hydrogen-bond donors (Lipinski definition) is 2. The van der Waals surface area contributed by atoms with Gasteiger partial charge < -0.3 is 15.6 Å². The molecule has 0 bridgehead atoms. The summed E-state index contributed by atoms with van der Waals surface area (Å²) in [5, 5.41) is 8.83. The first-order chi connectivity index (χ1) is 8.38. The van der Waals surface area contributed by atoms with Crippen LogP contribution in [-0.2, 0) is 6.61 Å². The highest BCUT2D eigenvalue weighted by Gasteiger charge is 2.45. The zero-order chi connectivity index (χ0) is 13.8. The number of halogens is 3. The molecule has 0 amide bonds. The molecule has 0 aliphatic carbocycles. The van der Waals surface area contributed by atoms with Crippen LogP contribution in [-0.4, -0.2) is 23.4 Å². The van der Waals surface area contributed by atoms with E-state index in [1.807, 2.05) is 0 Å². The number of aliphatic hydroxyl groups is 1. The van der Waals surface area contributed by atoms with Gasteiger partial charge in [-0.2, -0.15) is 13.2 Å². The van der Waals surface area contributed by atoms with Crippen molar-refractivity contribution >= 4 is 0 Å². The van der Waals surface area contributed by atoms with Crippen molar-refractivity contribution in [2.45, 2.75) is 38.3 Å². The van der Waals surface area contributed by atoms with E-state index in [4.69, 9.17) is 15.6 Å². The van der Waals surface area contributed by atoms with Crippen molar-refractivity contribution in [3.8, 4) is 5.75 Å². The van der Waals surface area contributed by atoms with Crippen LogP contribution in [0.2, 0.25) is 0 Å². The van der Waals surface area contributed by atoms with Gasteiger partial charge in [0.1, 0.15) is 5.75 Å². The van der Waals surface area contributed by atoms with E-state index < -0.39 is 18.3 Å². The Morgan fingerprint density at radius 1 is 1.28 bits per heavy atom. The zero-order valence-electron chi connectivity index (χ0n) is 9.95. The summed E-state index contributed by atoms with van der Waals surface area (Å²) in [6, 6.07) is 4.65. The Morgan fingerprint density at radius 2 is 1.83 bits per heavy atom. The van der Waals surface area contributed by atoms with Gasteiger partial charge >= 0.3 is 6.18 Å². The van der Waals surface area contributed by atoms with Crippen molar-refractivity contribution in [2.24, 2.45) is 5.73 Å². The van der Waals surface area contributed by atoms with Gasteiger partial charge in [0.2, 0.25) is 6.10 Å². The number of ether oxygens (including phenoxy) is 1. The molecule has 18 heavy (non-hydrogen) atoms. The standard InChI is InChI=1S/C12H16F3NO2/c1-2-10(16)11(12(13,14)15)18-9-5-3-8(7-17)4-6-9/h3-6,10-11,17H,2,7,16H2,1H3. The lowest BCUT2D eigenvalue weighted by atomic mass is 10.1. The summed E-state index contributed by atoms with van der Waals surface area (Å²) in [6.07, 6.45) is -6.37. The maximum Gasteiger partial charge on any atom is 0.426 e. The minimum Gasteiger partial charge on any atom is -0.479 e. The van der Waals surface area contributed by atoms with E-state index in [2.05, 4.69) is 0 Å². The van der Waals surface area contributed by atoms with Crippen LogP contribution in [0.25, 0.3) is 0 Å². The average molecular weight is 263 g/mol. The van der Waals surface area contributed by atoms with Gasteiger partial charge in [-0.25, -0.2) is 0 Å². The molecule has 0 heterocycles. The predicted octanol–water partition coefficient (Wildman–Crippen LogP) is 2.23. The average Bonchev–Trinajstić information content (AvgIpc) is 2.34. The molecule has 0 saturated carbocycles. The number of benzene rings is 1. The fourth-order valence-electron chi connectivity index (χ4n) is 1.43. The Morgan fingerprint density at radius 3 is 2.22 bits per heavy atom. The molecule has 0 aliphatic rings. The Kier molecular flexibility index (Phi) is 4.98. The molecule has 0 spiro atoms. The maximum atomic E-state index is 12.7. The second kappa shape index (κ2) is 6.06. The van der Waals surface area contributed by atoms with Crippen LogP contribution in [0.4, 0.5) is 13.2 Å². The van der Waals surface area contributed by atoms with Gasteiger partial charge in [-0.05, 0) is 24.1 Å². The van der Waals surface area contributed by atoms with Crippen molar-refractivity contribution in [3.05, 3.63) is 29.8 Å². The van der Waals surface area contributed by atoms with Gasteiger partial charge in [0.25, 0.3) is 0 Å². The molecule has 2 atom stereocenters. The van der Waals surface area contributed by atoms with E-state index in [-0.39, 0.29) is 18.8 Å². The van der Waals surface area contributed by atoms with Crippen molar-refractivity contribution < 1.29 is 23.0 Å². The fourth-order valence-corrected chi connectivity index (χ4v) is 1.43. The molecular weight excluding hydrogens is 247 g/mol. The van der Waals surface area contributed by atoms with E-state index >= 15 is 0 Å². The Hall–Kier alpha value is -1.27. The molecule has 3 nitrogen and oxygen atoms in total. The molecular formula is C12H16F3NO2. The molecule has 0 fully saturated rings. The van der Waals surface area contributed by atoms with Crippen molar-refractivity contribution in [1.29, 1.82) is 0 Å². The molecule has 0 radical (unpaired) electrons. The van der Waals surface area contributed by atoms with Crippen LogP contribution < -0.4 is 10.5 Å². The molecule has 1 aromatic carbocycles. The monoisotopic (exact) mass is 263 g/mol. The third-order valence-electron chi connectivity index (χ3n) is 2.55. The number of hydrogen-bond acceptors (Lipinski definition) is 3. The minimum atomic E-state index is -4.51. The quantitative estimate of drug-likeness (QED) is 0.856. The summed E-state index contributed by atoms with van der Waals surface area (Å²) in [4.78, 5) is 0. The molecule has 1 aromatic rings. The van der Waals surface area contributed by atoms with E-state index in [9.17, 15) is 13.2 Å². The Labute approximate surface area is 103 Å². The van der Waals surface area contributed by atoms with E-state index in [0.29, 0.717) is 5.56 Å². The molecule has 2 unspecified atom stereocenters. The van der Waals surface area contributed by atoms with Gasteiger partial charge in [0.05, 0.1) is 12.6 Å². The molecule has 6 heteroatoms. The number of rotatable bonds is 5. The van der Waals surface area contributed by atoms with Gasteiger partial charge in [0, 0.05) is 0 Å². The predicted molar refractivity (Wildman–Crippen MR) is 61.1 cm³/mol. The van der Waals surface area contributed by atoms with E-state index in [1.165, 1.54) is 24.3 Å². The largest absolute Gasteiger partial charge is 0.479 e. The van der Waals surface area contributed by atoms with Crippen LogP contribution in [0.1, 0.15) is 18.9 Å². The molecule has 0 saturated heterocycles. The molecule has 0 aliphatic heterocycles. The van der Waals surface area contributed by atoms with Gasteiger partial charge in [-0.1, -0.05) is 19.1 Å².